The lowest BCUT2D eigenvalue weighted by Crippen LogP contribution is -2.40. The predicted octanol–water partition coefficient (Wildman–Crippen LogP) is 2.76. The van der Waals surface area contributed by atoms with E-state index < -0.39 is 0 Å². The normalized spacial score (nSPS) is 15.2. The molecule has 0 unspecified atom stereocenters. The Kier molecular flexibility index (Phi) is 9.38. The molecule has 1 saturated heterocycles. The van der Waals surface area contributed by atoms with Gasteiger partial charge in [0.15, 0.2) is 0 Å². The van der Waals surface area contributed by atoms with Crippen LogP contribution in [0, 0.1) is 5.92 Å². The Morgan fingerprint density at radius 1 is 1.40 bits per heavy atom. The third-order valence-electron chi connectivity index (χ3n) is 3.34. The number of halogens is 3. The molecule has 1 fully saturated rings. The lowest BCUT2D eigenvalue weighted by molar-refractivity contribution is 0.0685. The van der Waals surface area contributed by atoms with E-state index >= 15 is 0 Å². The van der Waals surface area contributed by atoms with E-state index in [0.717, 1.165) is 36.9 Å². The van der Waals surface area contributed by atoms with Crippen molar-refractivity contribution in [2.75, 3.05) is 26.7 Å². The summed E-state index contributed by atoms with van der Waals surface area (Å²) < 4.78 is 0.895. The second-order valence-corrected chi connectivity index (χ2v) is 5.57. The van der Waals surface area contributed by atoms with Crippen LogP contribution in [0.1, 0.15) is 23.3 Å². The van der Waals surface area contributed by atoms with Crippen LogP contribution < -0.4 is 5.32 Å². The Hall–Kier alpha value is -0.360. The molecule has 7 heteroatoms. The Morgan fingerprint density at radius 3 is 2.55 bits per heavy atom. The van der Waals surface area contributed by atoms with E-state index in [2.05, 4.69) is 26.2 Å². The number of nitrogens with one attached hydrogen (secondary N) is 1. The smallest absolute Gasteiger partial charge is 0.272 e. The highest BCUT2D eigenvalue weighted by molar-refractivity contribution is 9.10. The molecular formula is C13H20BrCl2N3O. The lowest BCUT2D eigenvalue weighted by Gasteiger charge is -2.31. The van der Waals surface area contributed by atoms with Crippen LogP contribution in [-0.2, 0) is 0 Å². The summed E-state index contributed by atoms with van der Waals surface area (Å²) in [6.45, 7) is 2.71. The zero-order chi connectivity index (χ0) is 13.0. The number of aromatic nitrogens is 1. The summed E-state index contributed by atoms with van der Waals surface area (Å²) in [5.74, 6) is 0.738. The summed E-state index contributed by atoms with van der Waals surface area (Å²) >= 11 is 3.32. The fourth-order valence-electron chi connectivity index (χ4n) is 2.29. The van der Waals surface area contributed by atoms with Gasteiger partial charge in [-0.05, 0) is 60.4 Å². The number of nitrogens with zero attached hydrogens (tertiary/aromatic N) is 2. The number of carbonyl (C=O) groups is 1. The summed E-state index contributed by atoms with van der Waals surface area (Å²) in [6.07, 6.45) is 3.81. The fourth-order valence-corrected chi connectivity index (χ4v) is 2.53. The van der Waals surface area contributed by atoms with Gasteiger partial charge in [-0.25, -0.2) is 4.98 Å². The Bertz CT molecular complexity index is 409. The number of pyridine rings is 1. The van der Waals surface area contributed by atoms with Crippen molar-refractivity contribution in [3.8, 4) is 0 Å². The van der Waals surface area contributed by atoms with Gasteiger partial charge in [0.25, 0.3) is 5.91 Å². The molecule has 1 aromatic rings. The number of hydrogen-bond donors (Lipinski definition) is 1. The third kappa shape index (κ3) is 5.20. The first kappa shape index (κ1) is 19.6. The first-order chi connectivity index (χ1) is 8.70. The minimum atomic E-state index is 0. The van der Waals surface area contributed by atoms with Crippen molar-refractivity contribution in [3.63, 3.8) is 0 Å². The highest BCUT2D eigenvalue weighted by atomic mass is 79.9. The number of amides is 1. The van der Waals surface area contributed by atoms with Crippen molar-refractivity contribution in [2.24, 2.45) is 5.92 Å². The molecule has 1 N–H and O–H groups in total. The minimum absolute atomic E-state index is 0. The SMILES string of the molecule is CNCC1CCN(C(=O)c2ccc(Br)cn2)CC1.Cl.Cl. The van der Waals surface area contributed by atoms with Crippen molar-refractivity contribution in [3.05, 3.63) is 28.5 Å². The minimum Gasteiger partial charge on any atom is -0.337 e. The quantitative estimate of drug-likeness (QED) is 0.871. The number of rotatable bonds is 3. The van der Waals surface area contributed by atoms with Crippen LogP contribution in [0.25, 0.3) is 0 Å². The number of carbonyl (C=O) groups excluding carboxylic acids is 1. The zero-order valence-electron chi connectivity index (χ0n) is 11.3. The molecule has 114 valence electrons. The highest BCUT2D eigenvalue weighted by Gasteiger charge is 2.23. The maximum Gasteiger partial charge on any atom is 0.272 e. The number of hydrogen-bond acceptors (Lipinski definition) is 3. The average Bonchev–Trinajstić information content (AvgIpc) is 2.40. The Morgan fingerprint density at radius 2 is 2.05 bits per heavy atom. The molecular weight excluding hydrogens is 365 g/mol. The first-order valence-corrected chi connectivity index (χ1v) is 7.05. The van der Waals surface area contributed by atoms with Crippen LogP contribution >= 0.6 is 40.7 Å². The largest absolute Gasteiger partial charge is 0.337 e. The van der Waals surface area contributed by atoms with Gasteiger partial charge in [-0.15, -0.1) is 24.8 Å². The molecule has 0 atom stereocenters. The van der Waals surface area contributed by atoms with Gasteiger partial charge in [-0.3, -0.25) is 4.79 Å². The van der Waals surface area contributed by atoms with E-state index in [1.54, 1.807) is 12.3 Å². The molecule has 1 aliphatic rings. The number of likely N-dealkylation sites (tertiary alicyclic amines) is 1. The molecule has 1 aromatic heterocycles. The maximum atomic E-state index is 12.2. The van der Waals surface area contributed by atoms with Gasteiger partial charge in [-0.1, -0.05) is 0 Å². The van der Waals surface area contributed by atoms with E-state index in [1.807, 2.05) is 18.0 Å². The van der Waals surface area contributed by atoms with Crippen LogP contribution in [0.5, 0.6) is 0 Å². The van der Waals surface area contributed by atoms with Gasteiger partial charge < -0.3 is 10.2 Å². The van der Waals surface area contributed by atoms with Crippen molar-refractivity contribution in [2.45, 2.75) is 12.8 Å². The highest BCUT2D eigenvalue weighted by Crippen LogP contribution is 2.18. The molecule has 1 aliphatic heterocycles. The van der Waals surface area contributed by atoms with Gasteiger partial charge in [0.2, 0.25) is 0 Å². The van der Waals surface area contributed by atoms with Crippen LogP contribution in [0.2, 0.25) is 0 Å². The van der Waals surface area contributed by atoms with Crippen molar-refractivity contribution in [1.29, 1.82) is 0 Å². The molecule has 2 heterocycles. The average molecular weight is 385 g/mol. The van der Waals surface area contributed by atoms with Crippen LogP contribution in [0.15, 0.2) is 22.8 Å². The third-order valence-corrected chi connectivity index (χ3v) is 3.81. The molecule has 0 aromatic carbocycles. The standard InChI is InChI=1S/C13H18BrN3O.2ClH/c1-15-8-10-4-6-17(7-5-10)13(18)12-3-2-11(14)9-16-12;;/h2-3,9-10,15H,4-8H2,1H3;2*1H. The van der Waals surface area contributed by atoms with Crippen molar-refractivity contribution >= 4 is 46.7 Å². The van der Waals surface area contributed by atoms with Crippen LogP contribution in [0.4, 0.5) is 0 Å². The molecule has 0 radical (unpaired) electrons. The second kappa shape index (κ2) is 9.55. The van der Waals surface area contributed by atoms with E-state index in [9.17, 15) is 4.79 Å². The van der Waals surface area contributed by atoms with Gasteiger partial charge in [0, 0.05) is 23.8 Å². The monoisotopic (exact) mass is 383 g/mol. The lowest BCUT2D eigenvalue weighted by atomic mass is 9.96. The molecule has 0 bridgehead atoms. The topological polar surface area (TPSA) is 45.2 Å². The second-order valence-electron chi connectivity index (χ2n) is 4.65. The molecule has 0 spiro atoms. The summed E-state index contributed by atoms with van der Waals surface area (Å²) in [5, 5.41) is 3.20. The molecule has 0 aliphatic carbocycles. The van der Waals surface area contributed by atoms with E-state index in [-0.39, 0.29) is 30.7 Å². The summed E-state index contributed by atoms with van der Waals surface area (Å²) in [5.41, 5.74) is 0.533. The Balaban J connectivity index is 0.00000180. The van der Waals surface area contributed by atoms with E-state index in [0.29, 0.717) is 11.6 Å². The Labute approximate surface area is 140 Å². The number of piperidine rings is 1. The first-order valence-electron chi connectivity index (χ1n) is 6.26. The summed E-state index contributed by atoms with van der Waals surface area (Å²) in [4.78, 5) is 18.3. The van der Waals surface area contributed by atoms with Gasteiger partial charge in [-0.2, -0.15) is 0 Å². The summed E-state index contributed by atoms with van der Waals surface area (Å²) in [7, 11) is 1.98. The molecule has 2 rings (SSSR count). The van der Waals surface area contributed by atoms with Crippen molar-refractivity contribution in [1.82, 2.24) is 15.2 Å². The maximum absolute atomic E-state index is 12.2. The van der Waals surface area contributed by atoms with Crippen LogP contribution in [0.3, 0.4) is 0 Å². The van der Waals surface area contributed by atoms with Crippen LogP contribution in [-0.4, -0.2) is 42.5 Å². The molecule has 20 heavy (non-hydrogen) atoms. The molecule has 0 saturated carbocycles. The molecule has 1 amide bonds. The van der Waals surface area contributed by atoms with Crippen molar-refractivity contribution < 1.29 is 4.79 Å². The van der Waals surface area contributed by atoms with E-state index in [1.165, 1.54) is 0 Å². The predicted molar refractivity (Wildman–Crippen MR) is 89.0 cm³/mol. The zero-order valence-corrected chi connectivity index (χ0v) is 14.6. The van der Waals surface area contributed by atoms with Gasteiger partial charge in [0.05, 0.1) is 0 Å². The molecule has 4 nitrogen and oxygen atoms in total. The van der Waals surface area contributed by atoms with E-state index in [4.69, 9.17) is 0 Å². The van der Waals surface area contributed by atoms with Gasteiger partial charge >= 0.3 is 0 Å². The fraction of sp³-hybridized carbons (Fsp3) is 0.538. The summed E-state index contributed by atoms with van der Waals surface area (Å²) in [6, 6.07) is 3.63. The van der Waals surface area contributed by atoms with Gasteiger partial charge in [0.1, 0.15) is 5.69 Å².